The van der Waals surface area contributed by atoms with Crippen molar-refractivity contribution in [3.63, 3.8) is 0 Å². The maximum atomic E-state index is 11.6. The normalized spacial score (nSPS) is 10.6. The SMILES string of the molecule is CCOC(=O)c1ccc(OCc2ccc(C(C)C)cc2)c(O)c1. The summed E-state index contributed by atoms with van der Waals surface area (Å²) in [5, 5.41) is 9.97. The fourth-order valence-electron chi connectivity index (χ4n) is 2.14. The number of benzene rings is 2. The molecule has 0 amide bonds. The molecular formula is C19H22O4. The van der Waals surface area contributed by atoms with Crippen LogP contribution in [0.25, 0.3) is 0 Å². The summed E-state index contributed by atoms with van der Waals surface area (Å²) < 4.78 is 10.5. The Labute approximate surface area is 136 Å². The number of phenolic OH excluding ortho intramolecular Hbond substituents is 1. The van der Waals surface area contributed by atoms with Gasteiger partial charge in [-0.2, -0.15) is 0 Å². The van der Waals surface area contributed by atoms with Gasteiger partial charge in [-0.05, 0) is 42.2 Å². The topological polar surface area (TPSA) is 55.8 Å². The van der Waals surface area contributed by atoms with Crippen molar-refractivity contribution < 1.29 is 19.4 Å². The van der Waals surface area contributed by atoms with Crippen LogP contribution in [-0.2, 0) is 11.3 Å². The number of hydrogen-bond donors (Lipinski definition) is 1. The lowest BCUT2D eigenvalue weighted by atomic mass is 10.0. The molecule has 2 rings (SSSR count). The van der Waals surface area contributed by atoms with Gasteiger partial charge in [0.2, 0.25) is 0 Å². The zero-order valence-electron chi connectivity index (χ0n) is 13.7. The smallest absolute Gasteiger partial charge is 0.338 e. The van der Waals surface area contributed by atoms with Crippen LogP contribution in [0.3, 0.4) is 0 Å². The Bertz CT molecular complexity index is 660. The molecule has 0 atom stereocenters. The fraction of sp³-hybridized carbons (Fsp3) is 0.316. The van der Waals surface area contributed by atoms with E-state index in [1.807, 2.05) is 12.1 Å². The quantitative estimate of drug-likeness (QED) is 0.809. The summed E-state index contributed by atoms with van der Waals surface area (Å²) in [6, 6.07) is 12.7. The number of carbonyl (C=O) groups is 1. The monoisotopic (exact) mass is 314 g/mol. The molecule has 0 aliphatic heterocycles. The van der Waals surface area contributed by atoms with E-state index in [1.54, 1.807) is 19.1 Å². The summed E-state index contributed by atoms with van der Waals surface area (Å²) in [6.45, 7) is 6.68. The maximum absolute atomic E-state index is 11.6. The number of esters is 1. The van der Waals surface area contributed by atoms with Gasteiger partial charge in [0.1, 0.15) is 6.61 Å². The lowest BCUT2D eigenvalue weighted by Gasteiger charge is -2.10. The molecule has 0 saturated heterocycles. The number of rotatable bonds is 6. The summed E-state index contributed by atoms with van der Waals surface area (Å²) in [5.74, 6) is 0.295. The molecule has 1 N–H and O–H groups in total. The summed E-state index contributed by atoms with van der Waals surface area (Å²) in [7, 11) is 0. The van der Waals surface area contributed by atoms with Gasteiger partial charge < -0.3 is 14.6 Å². The molecule has 0 heterocycles. The molecule has 0 spiro atoms. The van der Waals surface area contributed by atoms with Gasteiger partial charge >= 0.3 is 5.97 Å². The Morgan fingerprint density at radius 1 is 1.13 bits per heavy atom. The lowest BCUT2D eigenvalue weighted by Crippen LogP contribution is -2.04. The van der Waals surface area contributed by atoms with Crippen LogP contribution in [0.15, 0.2) is 42.5 Å². The van der Waals surface area contributed by atoms with Crippen molar-refractivity contribution in [2.45, 2.75) is 33.3 Å². The van der Waals surface area contributed by atoms with Crippen molar-refractivity contribution in [3.8, 4) is 11.5 Å². The first kappa shape index (κ1) is 16.9. The Hall–Kier alpha value is -2.49. The summed E-state index contributed by atoms with van der Waals surface area (Å²) in [6.07, 6.45) is 0. The zero-order chi connectivity index (χ0) is 16.8. The van der Waals surface area contributed by atoms with Crippen molar-refractivity contribution in [1.82, 2.24) is 0 Å². The molecule has 0 unspecified atom stereocenters. The molecule has 0 radical (unpaired) electrons. The van der Waals surface area contributed by atoms with Crippen LogP contribution >= 0.6 is 0 Å². The number of hydrogen-bond acceptors (Lipinski definition) is 4. The van der Waals surface area contributed by atoms with Gasteiger partial charge in [-0.15, -0.1) is 0 Å². The van der Waals surface area contributed by atoms with Gasteiger partial charge in [0.05, 0.1) is 12.2 Å². The van der Waals surface area contributed by atoms with Gasteiger partial charge in [0.25, 0.3) is 0 Å². The Balaban J connectivity index is 2.01. The van der Waals surface area contributed by atoms with Crippen molar-refractivity contribution in [1.29, 1.82) is 0 Å². The van der Waals surface area contributed by atoms with Crippen LogP contribution in [0.4, 0.5) is 0 Å². The van der Waals surface area contributed by atoms with E-state index in [4.69, 9.17) is 9.47 Å². The molecule has 23 heavy (non-hydrogen) atoms. The van der Waals surface area contributed by atoms with Gasteiger partial charge in [-0.1, -0.05) is 38.1 Å². The third-order valence-corrected chi connectivity index (χ3v) is 3.51. The highest BCUT2D eigenvalue weighted by molar-refractivity contribution is 5.90. The number of ether oxygens (including phenoxy) is 2. The second-order valence-corrected chi connectivity index (χ2v) is 5.59. The van der Waals surface area contributed by atoms with E-state index in [9.17, 15) is 9.90 Å². The lowest BCUT2D eigenvalue weighted by molar-refractivity contribution is 0.0526. The highest BCUT2D eigenvalue weighted by Gasteiger charge is 2.11. The van der Waals surface area contributed by atoms with Crippen molar-refractivity contribution in [2.75, 3.05) is 6.61 Å². The predicted molar refractivity (Wildman–Crippen MR) is 88.9 cm³/mol. The Kier molecular flexibility index (Phi) is 5.63. The van der Waals surface area contributed by atoms with E-state index < -0.39 is 5.97 Å². The molecule has 4 nitrogen and oxygen atoms in total. The van der Waals surface area contributed by atoms with Gasteiger partial charge in [0.15, 0.2) is 11.5 Å². The van der Waals surface area contributed by atoms with Gasteiger partial charge in [0, 0.05) is 0 Å². The molecular weight excluding hydrogens is 292 g/mol. The summed E-state index contributed by atoms with van der Waals surface area (Å²) in [5.41, 5.74) is 2.59. The van der Waals surface area contributed by atoms with Crippen molar-refractivity contribution in [3.05, 3.63) is 59.2 Å². The third kappa shape index (κ3) is 4.49. The number of carbonyl (C=O) groups excluding carboxylic acids is 1. The maximum Gasteiger partial charge on any atom is 0.338 e. The highest BCUT2D eigenvalue weighted by atomic mass is 16.5. The number of phenols is 1. The van der Waals surface area contributed by atoms with E-state index in [0.717, 1.165) is 5.56 Å². The van der Waals surface area contributed by atoms with Crippen molar-refractivity contribution in [2.24, 2.45) is 0 Å². The molecule has 0 aliphatic rings. The predicted octanol–water partition coefficient (Wildman–Crippen LogP) is 4.27. The van der Waals surface area contributed by atoms with E-state index in [0.29, 0.717) is 30.4 Å². The standard InChI is InChI=1S/C19H22O4/c1-4-22-19(21)16-9-10-18(17(20)11-16)23-12-14-5-7-15(8-6-14)13(2)3/h5-11,13,20H,4,12H2,1-3H3. The molecule has 0 saturated carbocycles. The van der Waals surface area contributed by atoms with Crippen LogP contribution in [0.1, 0.15) is 48.2 Å². The van der Waals surface area contributed by atoms with Gasteiger partial charge in [-0.25, -0.2) is 4.79 Å². The first-order valence-corrected chi connectivity index (χ1v) is 7.73. The van der Waals surface area contributed by atoms with Crippen LogP contribution in [0, 0.1) is 0 Å². The molecule has 0 bridgehead atoms. The minimum atomic E-state index is -0.460. The number of aromatic hydroxyl groups is 1. The molecule has 122 valence electrons. The first-order chi connectivity index (χ1) is 11.0. The van der Waals surface area contributed by atoms with E-state index in [-0.39, 0.29) is 5.75 Å². The second-order valence-electron chi connectivity index (χ2n) is 5.59. The molecule has 0 aromatic heterocycles. The van der Waals surface area contributed by atoms with E-state index >= 15 is 0 Å². The minimum absolute atomic E-state index is 0.0747. The van der Waals surface area contributed by atoms with E-state index in [1.165, 1.54) is 11.6 Å². The molecule has 0 fully saturated rings. The fourth-order valence-corrected chi connectivity index (χ4v) is 2.14. The third-order valence-electron chi connectivity index (χ3n) is 3.51. The second kappa shape index (κ2) is 7.68. The largest absolute Gasteiger partial charge is 0.504 e. The molecule has 2 aromatic carbocycles. The van der Waals surface area contributed by atoms with Gasteiger partial charge in [-0.3, -0.25) is 0 Å². The zero-order valence-corrected chi connectivity index (χ0v) is 13.7. The molecule has 0 aliphatic carbocycles. The Morgan fingerprint density at radius 2 is 1.83 bits per heavy atom. The van der Waals surface area contributed by atoms with Crippen LogP contribution in [0.5, 0.6) is 11.5 Å². The summed E-state index contributed by atoms with van der Waals surface area (Å²) in [4.78, 5) is 11.6. The van der Waals surface area contributed by atoms with Crippen LogP contribution < -0.4 is 4.74 Å². The van der Waals surface area contributed by atoms with E-state index in [2.05, 4.69) is 26.0 Å². The first-order valence-electron chi connectivity index (χ1n) is 7.73. The summed E-state index contributed by atoms with van der Waals surface area (Å²) >= 11 is 0. The molecule has 2 aromatic rings. The average Bonchev–Trinajstić information content (AvgIpc) is 2.54. The van der Waals surface area contributed by atoms with Crippen molar-refractivity contribution >= 4 is 5.97 Å². The molecule has 4 heteroatoms. The average molecular weight is 314 g/mol. The highest BCUT2D eigenvalue weighted by Crippen LogP contribution is 2.28. The van der Waals surface area contributed by atoms with Crippen LogP contribution in [0.2, 0.25) is 0 Å². The Morgan fingerprint density at radius 3 is 2.39 bits per heavy atom. The van der Waals surface area contributed by atoms with Crippen LogP contribution in [-0.4, -0.2) is 17.7 Å². The minimum Gasteiger partial charge on any atom is -0.504 e.